The van der Waals surface area contributed by atoms with Crippen molar-refractivity contribution in [1.82, 2.24) is 5.32 Å². The number of para-hydroxylation sites is 1. The molecule has 1 aliphatic rings. The molecule has 1 aromatic rings. The number of hydrogen-bond acceptors (Lipinski definition) is 3. The standard InChI is InChI=1S/C16H23NO3/c1-12-5-4-8-16(20,10-12)11-17-15(19)9-13-6-2-3-7-14(13)18/h2-3,6-7,12,18,20H,4-5,8-11H2,1H3,(H,17,19). The number of aromatic hydroxyl groups is 1. The Morgan fingerprint density at radius 3 is 2.90 bits per heavy atom. The summed E-state index contributed by atoms with van der Waals surface area (Å²) in [6, 6.07) is 6.81. The number of benzene rings is 1. The zero-order chi connectivity index (χ0) is 14.6. The number of phenolic OH excluding ortho intramolecular Hbond substituents is 1. The van der Waals surface area contributed by atoms with Gasteiger partial charge < -0.3 is 15.5 Å². The van der Waals surface area contributed by atoms with Gasteiger partial charge in [-0.2, -0.15) is 0 Å². The smallest absolute Gasteiger partial charge is 0.224 e. The second-order valence-corrected chi connectivity index (χ2v) is 6.01. The molecule has 1 amide bonds. The minimum absolute atomic E-state index is 0.132. The van der Waals surface area contributed by atoms with Crippen molar-refractivity contribution in [2.75, 3.05) is 6.54 Å². The number of phenols is 1. The van der Waals surface area contributed by atoms with Gasteiger partial charge in [-0.3, -0.25) is 4.79 Å². The van der Waals surface area contributed by atoms with E-state index in [1.54, 1.807) is 24.3 Å². The molecule has 2 unspecified atom stereocenters. The van der Waals surface area contributed by atoms with E-state index in [0.29, 0.717) is 18.0 Å². The van der Waals surface area contributed by atoms with Crippen LogP contribution in [0, 0.1) is 5.92 Å². The van der Waals surface area contributed by atoms with E-state index in [1.807, 2.05) is 0 Å². The summed E-state index contributed by atoms with van der Waals surface area (Å²) in [7, 11) is 0. The van der Waals surface area contributed by atoms with E-state index in [0.717, 1.165) is 25.7 Å². The van der Waals surface area contributed by atoms with Gasteiger partial charge in [0.05, 0.1) is 12.0 Å². The van der Waals surface area contributed by atoms with E-state index >= 15 is 0 Å². The van der Waals surface area contributed by atoms with Gasteiger partial charge >= 0.3 is 0 Å². The fraction of sp³-hybridized carbons (Fsp3) is 0.562. The van der Waals surface area contributed by atoms with E-state index in [9.17, 15) is 15.0 Å². The van der Waals surface area contributed by atoms with E-state index in [1.165, 1.54) is 0 Å². The second kappa shape index (κ2) is 6.27. The van der Waals surface area contributed by atoms with Crippen molar-refractivity contribution in [2.24, 2.45) is 5.92 Å². The highest BCUT2D eigenvalue weighted by Gasteiger charge is 2.32. The summed E-state index contributed by atoms with van der Waals surface area (Å²) < 4.78 is 0. The van der Waals surface area contributed by atoms with E-state index in [4.69, 9.17) is 0 Å². The molecule has 4 nitrogen and oxygen atoms in total. The van der Waals surface area contributed by atoms with Gasteiger partial charge in [-0.1, -0.05) is 38.0 Å². The van der Waals surface area contributed by atoms with Crippen LogP contribution < -0.4 is 5.32 Å². The van der Waals surface area contributed by atoms with Crippen LogP contribution in [-0.2, 0) is 11.2 Å². The summed E-state index contributed by atoms with van der Waals surface area (Å²) in [5.74, 6) is 0.467. The van der Waals surface area contributed by atoms with Crippen molar-refractivity contribution in [3.63, 3.8) is 0 Å². The maximum absolute atomic E-state index is 11.9. The average molecular weight is 277 g/mol. The highest BCUT2D eigenvalue weighted by Crippen LogP contribution is 2.31. The molecule has 2 atom stereocenters. The molecule has 3 N–H and O–H groups in total. The number of nitrogens with one attached hydrogen (secondary N) is 1. The van der Waals surface area contributed by atoms with Crippen molar-refractivity contribution >= 4 is 5.91 Å². The van der Waals surface area contributed by atoms with Crippen LogP contribution in [-0.4, -0.2) is 28.3 Å². The molecule has 2 rings (SSSR count). The van der Waals surface area contributed by atoms with Crippen molar-refractivity contribution in [3.8, 4) is 5.75 Å². The molecule has 0 aromatic heterocycles. The lowest BCUT2D eigenvalue weighted by Crippen LogP contribution is -2.46. The highest BCUT2D eigenvalue weighted by molar-refractivity contribution is 5.79. The average Bonchev–Trinajstić information content (AvgIpc) is 2.39. The molecule has 0 saturated heterocycles. The van der Waals surface area contributed by atoms with Crippen molar-refractivity contribution in [3.05, 3.63) is 29.8 Å². The van der Waals surface area contributed by atoms with Crippen LogP contribution in [0.25, 0.3) is 0 Å². The molecule has 0 heterocycles. The number of aliphatic hydroxyl groups is 1. The lowest BCUT2D eigenvalue weighted by molar-refractivity contribution is -0.122. The molecule has 1 aromatic carbocycles. The molecule has 1 saturated carbocycles. The predicted octanol–water partition coefficient (Wildman–Crippen LogP) is 1.99. The maximum Gasteiger partial charge on any atom is 0.224 e. The Morgan fingerprint density at radius 1 is 1.45 bits per heavy atom. The van der Waals surface area contributed by atoms with Gasteiger partial charge in [0.25, 0.3) is 0 Å². The molecule has 110 valence electrons. The molecule has 0 spiro atoms. The summed E-state index contributed by atoms with van der Waals surface area (Å²) in [6.45, 7) is 2.43. The van der Waals surface area contributed by atoms with Crippen molar-refractivity contribution in [1.29, 1.82) is 0 Å². The van der Waals surface area contributed by atoms with Gasteiger partial charge in [-0.15, -0.1) is 0 Å². The lowest BCUT2D eigenvalue weighted by atomic mass is 9.79. The number of carbonyl (C=O) groups is 1. The van der Waals surface area contributed by atoms with Crippen molar-refractivity contribution in [2.45, 2.75) is 44.6 Å². The summed E-state index contributed by atoms with van der Waals surface area (Å²) in [4.78, 5) is 11.9. The molecule has 1 fully saturated rings. The van der Waals surface area contributed by atoms with E-state index in [-0.39, 0.29) is 18.1 Å². The molecular weight excluding hydrogens is 254 g/mol. The Bertz CT molecular complexity index is 475. The zero-order valence-electron chi connectivity index (χ0n) is 11.9. The van der Waals surface area contributed by atoms with Crippen LogP contribution in [0.15, 0.2) is 24.3 Å². The van der Waals surface area contributed by atoms with Crippen LogP contribution in [0.3, 0.4) is 0 Å². The Kier molecular flexibility index (Phi) is 4.65. The highest BCUT2D eigenvalue weighted by atomic mass is 16.3. The number of hydrogen-bond donors (Lipinski definition) is 3. The van der Waals surface area contributed by atoms with Crippen LogP contribution in [0.1, 0.15) is 38.2 Å². The quantitative estimate of drug-likeness (QED) is 0.788. The zero-order valence-corrected chi connectivity index (χ0v) is 11.9. The van der Waals surface area contributed by atoms with Gasteiger partial charge in [0.2, 0.25) is 5.91 Å². The number of rotatable bonds is 4. The molecular formula is C16H23NO3. The first kappa shape index (κ1) is 14.9. The largest absolute Gasteiger partial charge is 0.508 e. The third-order valence-corrected chi connectivity index (χ3v) is 4.02. The van der Waals surface area contributed by atoms with Crippen LogP contribution in [0.2, 0.25) is 0 Å². The minimum atomic E-state index is -0.772. The maximum atomic E-state index is 11.9. The topological polar surface area (TPSA) is 69.6 Å². The first-order valence-electron chi connectivity index (χ1n) is 7.24. The van der Waals surface area contributed by atoms with E-state index < -0.39 is 5.60 Å². The molecule has 4 heteroatoms. The van der Waals surface area contributed by atoms with Gasteiger partial charge in [-0.25, -0.2) is 0 Å². The van der Waals surface area contributed by atoms with Crippen LogP contribution in [0.5, 0.6) is 5.75 Å². The number of amides is 1. The van der Waals surface area contributed by atoms with E-state index in [2.05, 4.69) is 12.2 Å². The molecule has 0 aliphatic heterocycles. The third-order valence-electron chi connectivity index (χ3n) is 4.02. The van der Waals surface area contributed by atoms with Gasteiger partial charge in [-0.05, 0) is 24.8 Å². The molecule has 1 aliphatic carbocycles. The lowest BCUT2D eigenvalue weighted by Gasteiger charge is -2.35. The summed E-state index contributed by atoms with van der Waals surface area (Å²) in [5, 5.41) is 22.9. The molecule has 0 bridgehead atoms. The Balaban J connectivity index is 1.85. The number of carbonyl (C=O) groups excluding carboxylic acids is 1. The summed E-state index contributed by atoms with van der Waals surface area (Å²) >= 11 is 0. The molecule has 20 heavy (non-hydrogen) atoms. The van der Waals surface area contributed by atoms with Gasteiger partial charge in [0, 0.05) is 12.1 Å². The second-order valence-electron chi connectivity index (χ2n) is 6.01. The predicted molar refractivity (Wildman–Crippen MR) is 77.4 cm³/mol. The summed E-state index contributed by atoms with van der Waals surface area (Å²) in [6.07, 6.45) is 3.78. The molecule has 0 radical (unpaired) electrons. The minimum Gasteiger partial charge on any atom is -0.508 e. The normalized spacial score (nSPS) is 26.2. The fourth-order valence-electron chi connectivity index (χ4n) is 2.95. The SMILES string of the molecule is CC1CCCC(O)(CNC(=O)Cc2ccccc2O)C1. The van der Waals surface area contributed by atoms with Crippen molar-refractivity contribution < 1.29 is 15.0 Å². The first-order chi connectivity index (χ1) is 9.48. The van der Waals surface area contributed by atoms with Crippen LogP contribution >= 0.6 is 0 Å². The Labute approximate surface area is 119 Å². The fourth-order valence-corrected chi connectivity index (χ4v) is 2.95. The monoisotopic (exact) mass is 277 g/mol. The third kappa shape index (κ3) is 3.97. The summed E-state index contributed by atoms with van der Waals surface area (Å²) in [5.41, 5.74) is -0.166. The van der Waals surface area contributed by atoms with Gasteiger partial charge in [0.1, 0.15) is 5.75 Å². The first-order valence-corrected chi connectivity index (χ1v) is 7.24. The van der Waals surface area contributed by atoms with Crippen LogP contribution in [0.4, 0.5) is 0 Å². The Morgan fingerprint density at radius 2 is 2.20 bits per heavy atom. The van der Waals surface area contributed by atoms with Gasteiger partial charge in [0.15, 0.2) is 0 Å². The Hall–Kier alpha value is -1.55.